The lowest BCUT2D eigenvalue weighted by atomic mass is 10.2. The summed E-state index contributed by atoms with van der Waals surface area (Å²) in [6, 6.07) is 8.88. The Labute approximate surface area is 177 Å². The van der Waals surface area contributed by atoms with Crippen molar-refractivity contribution in [3.63, 3.8) is 0 Å². The zero-order chi connectivity index (χ0) is 20.8. The highest BCUT2D eigenvalue weighted by Crippen LogP contribution is 2.35. The highest BCUT2D eigenvalue weighted by molar-refractivity contribution is 6.31. The zero-order valence-electron chi connectivity index (χ0n) is 15.9. The normalized spacial score (nSPS) is 20.1. The zero-order valence-corrected chi connectivity index (χ0v) is 16.7. The van der Waals surface area contributed by atoms with E-state index in [0.717, 1.165) is 12.2 Å². The minimum atomic E-state index is -0.550. The Kier molecular flexibility index (Phi) is 4.51. The van der Waals surface area contributed by atoms with Crippen molar-refractivity contribution in [2.45, 2.75) is 18.5 Å². The number of piperazine rings is 1. The lowest BCUT2D eigenvalue weighted by molar-refractivity contribution is -0.127. The smallest absolute Gasteiger partial charge is 0.246 e. The number of anilines is 3. The van der Waals surface area contributed by atoms with Gasteiger partial charge in [-0.3, -0.25) is 4.79 Å². The molecule has 2 aliphatic rings. The number of carbonyl (C=O) groups excluding carboxylic acids is 1. The van der Waals surface area contributed by atoms with Gasteiger partial charge in [-0.25, -0.2) is 19.3 Å². The Balaban J connectivity index is 1.47. The van der Waals surface area contributed by atoms with Gasteiger partial charge in [0, 0.05) is 13.1 Å². The van der Waals surface area contributed by atoms with E-state index in [0.29, 0.717) is 29.9 Å². The number of hydrogen-bond donors (Lipinski definition) is 1. The molecule has 30 heavy (non-hydrogen) atoms. The van der Waals surface area contributed by atoms with Gasteiger partial charge < -0.3 is 15.1 Å². The molecule has 0 saturated carbocycles. The fourth-order valence-electron chi connectivity index (χ4n) is 4.24. The summed E-state index contributed by atoms with van der Waals surface area (Å²) < 4.78 is 14.3. The Morgan fingerprint density at radius 1 is 1.23 bits per heavy atom. The number of halogens is 2. The summed E-state index contributed by atoms with van der Waals surface area (Å²) in [5.74, 6) is 0.601. The van der Waals surface area contributed by atoms with Gasteiger partial charge in [0.05, 0.1) is 28.3 Å². The van der Waals surface area contributed by atoms with Crippen LogP contribution in [0.15, 0.2) is 49.3 Å². The molecule has 0 radical (unpaired) electrons. The van der Waals surface area contributed by atoms with E-state index >= 15 is 0 Å². The van der Waals surface area contributed by atoms with Crippen molar-refractivity contribution in [1.82, 2.24) is 19.9 Å². The lowest BCUT2D eigenvalue weighted by Crippen LogP contribution is -2.48. The molecule has 2 bridgehead atoms. The van der Waals surface area contributed by atoms with Crippen LogP contribution in [0.1, 0.15) is 6.42 Å². The van der Waals surface area contributed by atoms with Gasteiger partial charge in [-0.15, -0.1) is 0 Å². The Morgan fingerprint density at radius 3 is 2.87 bits per heavy atom. The predicted octanol–water partition coefficient (Wildman–Crippen LogP) is 3.54. The summed E-state index contributed by atoms with van der Waals surface area (Å²) in [6.45, 7) is 4.95. The molecule has 152 valence electrons. The molecule has 1 N–H and O–H groups in total. The number of rotatable bonds is 4. The third-order valence-corrected chi connectivity index (χ3v) is 5.96. The van der Waals surface area contributed by atoms with Gasteiger partial charge in [0.2, 0.25) is 5.91 Å². The molecule has 2 saturated heterocycles. The molecule has 0 aliphatic carbocycles. The van der Waals surface area contributed by atoms with Crippen LogP contribution in [-0.4, -0.2) is 50.9 Å². The predicted molar refractivity (Wildman–Crippen MR) is 113 cm³/mol. The van der Waals surface area contributed by atoms with E-state index < -0.39 is 5.82 Å². The second-order valence-electron chi connectivity index (χ2n) is 7.38. The Hall–Kier alpha value is -3.26. The van der Waals surface area contributed by atoms with Crippen LogP contribution in [0.4, 0.5) is 21.7 Å². The van der Waals surface area contributed by atoms with Gasteiger partial charge in [-0.2, -0.15) is 0 Å². The fourth-order valence-corrected chi connectivity index (χ4v) is 4.42. The molecule has 2 aromatic heterocycles. The summed E-state index contributed by atoms with van der Waals surface area (Å²) in [6.07, 6.45) is 3.68. The number of nitrogens with zero attached hydrogens (tertiary/aromatic N) is 5. The number of aromatic nitrogens is 3. The van der Waals surface area contributed by atoms with Crippen molar-refractivity contribution >= 4 is 45.9 Å². The van der Waals surface area contributed by atoms with E-state index in [9.17, 15) is 9.18 Å². The number of benzene rings is 1. The van der Waals surface area contributed by atoms with E-state index in [1.807, 2.05) is 17.0 Å². The van der Waals surface area contributed by atoms with Crippen molar-refractivity contribution in [1.29, 1.82) is 0 Å². The van der Waals surface area contributed by atoms with Crippen molar-refractivity contribution in [2.24, 2.45) is 0 Å². The topological polar surface area (TPSA) is 74.2 Å². The summed E-state index contributed by atoms with van der Waals surface area (Å²) in [5, 5.41) is 3.01. The Bertz CT molecular complexity index is 1170. The average molecular weight is 425 g/mol. The van der Waals surface area contributed by atoms with Gasteiger partial charge in [-0.05, 0) is 36.8 Å². The molecule has 0 spiro atoms. The molecule has 2 aliphatic heterocycles. The molecule has 3 aromatic rings. The molecule has 2 atom stereocenters. The standard InChI is InChI=1S/C21H18ClFN6O/c1-2-18(30)29-10-12-8-13(29)9-28(12)17-7-6-16-20(27-17)21(25-11-24-16)26-15-5-3-4-14(22)19(15)23/h2-7,11-13H,1,8-10H2,(H,24,25,26)/t12-,13-/m0/s1. The van der Waals surface area contributed by atoms with Gasteiger partial charge in [0.1, 0.15) is 17.7 Å². The van der Waals surface area contributed by atoms with E-state index in [4.69, 9.17) is 16.6 Å². The first-order valence-corrected chi connectivity index (χ1v) is 9.95. The largest absolute Gasteiger partial charge is 0.350 e. The monoisotopic (exact) mass is 424 g/mol. The van der Waals surface area contributed by atoms with Crippen LogP contribution in [-0.2, 0) is 4.79 Å². The molecular formula is C21H18ClFN6O. The van der Waals surface area contributed by atoms with Gasteiger partial charge in [0.15, 0.2) is 11.6 Å². The number of amides is 1. The van der Waals surface area contributed by atoms with Crippen LogP contribution in [0, 0.1) is 5.82 Å². The Morgan fingerprint density at radius 2 is 2.10 bits per heavy atom. The van der Waals surface area contributed by atoms with Crippen LogP contribution < -0.4 is 10.2 Å². The van der Waals surface area contributed by atoms with Crippen molar-refractivity contribution in [3.05, 3.63) is 60.2 Å². The summed E-state index contributed by atoms with van der Waals surface area (Å²) in [7, 11) is 0. The van der Waals surface area contributed by atoms with Crippen LogP contribution in [0.5, 0.6) is 0 Å². The highest BCUT2D eigenvalue weighted by Gasteiger charge is 2.45. The van der Waals surface area contributed by atoms with Crippen LogP contribution in [0.25, 0.3) is 11.0 Å². The summed E-state index contributed by atoms with van der Waals surface area (Å²) in [4.78, 5) is 29.4. The number of pyridine rings is 1. The van der Waals surface area contributed by atoms with Crippen LogP contribution >= 0.6 is 11.6 Å². The molecule has 1 aromatic carbocycles. The molecule has 4 heterocycles. The molecule has 7 nitrogen and oxygen atoms in total. The third-order valence-electron chi connectivity index (χ3n) is 5.66. The van der Waals surface area contributed by atoms with Gasteiger partial charge in [0.25, 0.3) is 0 Å². The second-order valence-corrected chi connectivity index (χ2v) is 7.78. The molecule has 1 amide bonds. The number of carbonyl (C=O) groups is 1. The number of hydrogen-bond acceptors (Lipinski definition) is 6. The fraction of sp³-hybridized carbons (Fsp3) is 0.238. The van der Waals surface area contributed by atoms with E-state index in [1.165, 1.54) is 18.5 Å². The van der Waals surface area contributed by atoms with E-state index in [-0.39, 0.29) is 28.7 Å². The third kappa shape index (κ3) is 3.04. The van der Waals surface area contributed by atoms with Crippen LogP contribution in [0.2, 0.25) is 5.02 Å². The minimum absolute atomic E-state index is 0.0266. The van der Waals surface area contributed by atoms with Gasteiger partial charge >= 0.3 is 0 Å². The number of fused-ring (bicyclic) bond motifs is 3. The number of nitrogens with one attached hydrogen (secondary N) is 1. The number of likely N-dealkylation sites (tertiary alicyclic amines) is 1. The van der Waals surface area contributed by atoms with Crippen molar-refractivity contribution in [3.8, 4) is 0 Å². The van der Waals surface area contributed by atoms with Gasteiger partial charge in [-0.1, -0.05) is 24.2 Å². The van der Waals surface area contributed by atoms with Crippen molar-refractivity contribution in [2.75, 3.05) is 23.3 Å². The molecule has 0 unspecified atom stereocenters. The first kappa shape index (κ1) is 18.7. The van der Waals surface area contributed by atoms with E-state index in [2.05, 4.69) is 26.8 Å². The maximum absolute atomic E-state index is 14.3. The molecule has 9 heteroatoms. The van der Waals surface area contributed by atoms with Crippen molar-refractivity contribution < 1.29 is 9.18 Å². The molecular weight excluding hydrogens is 407 g/mol. The summed E-state index contributed by atoms with van der Waals surface area (Å²) >= 11 is 5.89. The molecule has 2 fully saturated rings. The maximum atomic E-state index is 14.3. The first-order chi connectivity index (χ1) is 14.5. The minimum Gasteiger partial charge on any atom is -0.350 e. The molecule has 5 rings (SSSR count). The quantitative estimate of drug-likeness (QED) is 0.646. The first-order valence-electron chi connectivity index (χ1n) is 9.57. The van der Waals surface area contributed by atoms with E-state index in [1.54, 1.807) is 12.1 Å². The highest BCUT2D eigenvalue weighted by atomic mass is 35.5. The maximum Gasteiger partial charge on any atom is 0.246 e. The SMILES string of the molecule is C=CC(=O)N1C[C@@H]2C[C@H]1CN2c1ccc2ncnc(Nc3cccc(Cl)c3F)c2n1. The van der Waals surface area contributed by atoms with Crippen LogP contribution in [0.3, 0.4) is 0 Å². The second kappa shape index (κ2) is 7.21. The lowest BCUT2D eigenvalue weighted by Gasteiger charge is -2.34. The average Bonchev–Trinajstić information content (AvgIpc) is 3.37. The summed E-state index contributed by atoms with van der Waals surface area (Å²) in [5.41, 5.74) is 1.40.